The van der Waals surface area contributed by atoms with E-state index in [9.17, 15) is 0 Å². The normalized spacial score (nSPS) is 11.2. The molecule has 3 aromatic carbocycles. The second-order valence-corrected chi connectivity index (χ2v) is 6.06. The second kappa shape index (κ2) is 5.53. The first-order valence-electron chi connectivity index (χ1n) is 8.25. The van der Waals surface area contributed by atoms with E-state index in [2.05, 4.69) is 62.7 Å². The summed E-state index contributed by atoms with van der Waals surface area (Å²) in [6.07, 6.45) is 1.98. The molecule has 0 saturated carbocycles. The predicted octanol–water partition coefficient (Wildman–Crippen LogP) is 5.45. The first-order chi connectivity index (χ1) is 12.4. The zero-order chi connectivity index (χ0) is 16.6. The fourth-order valence-corrected chi connectivity index (χ4v) is 3.17. The van der Waals surface area contributed by atoms with Crippen molar-refractivity contribution in [3.05, 3.63) is 79.0 Å². The molecule has 0 amide bonds. The summed E-state index contributed by atoms with van der Waals surface area (Å²) in [4.78, 5) is 11.2. The van der Waals surface area contributed by atoms with Crippen LogP contribution in [0.1, 0.15) is 0 Å². The average Bonchev–Trinajstić information content (AvgIpc) is 3.26. The highest BCUT2D eigenvalue weighted by molar-refractivity contribution is 5.96. The minimum atomic E-state index is 0.743. The number of rotatable bonds is 3. The van der Waals surface area contributed by atoms with Crippen LogP contribution in [0.3, 0.4) is 0 Å². The minimum absolute atomic E-state index is 0.743. The quantitative estimate of drug-likeness (QED) is 0.413. The average molecular weight is 324 g/mol. The van der Waals surface area contributed by atoms with Gasteiger partial charge < -0.3 is 15.3 Å². The van der Waals surface area contributed by atoms with E-state index in [0.29, 0.717) is 0 Å². The Hall–Kier alpha value is -3.53. The molecule has 5 rings (SSSR count). The van der Waals surface area contributed by atoms with Gasteiger partial charge in [-0.1, -0.05) is 48.5 Å². The standard InChI is InChI=1S/C21H16N4/c1-2-6-14(7-3-1)15-10-11-17-16(12-15)20(13-22-17)25-21-23-18-8-4-5-9-19(18)24-21/h1-13,22H,(H2,23,24,25). The number of nitrogens with one attached hydrogen (secondary N) is 3. The van der Waals surface area contributed by atoms with Crippen LogP contribution in [0.4, 0.5) is 11.6 Å². The van der Waals surface area contributed by atoms with Crippen LogP contribution in [0.2, 0.25) is 0 Å². The number of para-hydroxylation sites is 2. The van der Waals surface area contributed by atoms with Gasteiger partial charge in [0.2, 0.25) is 5.95 Å². The lowest BCUT2D eigenvalue weighted by Crippen LogP contribution is -1.90. The van der Waals surface area contributed by atoms with Gasteiger partial charge in [-0.3, -0.25) is 0 Å². The van der Waals surface area contributed by atoms with Crippen molar-refractivity contribution in [1.29, 1.82) is 0 Å². The van der Waals surface area contributed by atoms with Crippen molar-refractivity contribution >= 4 is 33.6 Å². The highest BCUT2D eigenvalue weighted by Crippen LogP contribution is 2.30. The van der Waals surface area contributed by atoms with Crippen LogP contribution in [0.15, 0.2) is 79.0 Å². The summed E-state index contributed by atoms with van der Waals surface area (Å²) in [5.41, 5.74) is 6.48. The molecule has 4 heteroatoms. The van der Waals surface area contributed by atoms with Gasteiger partial charge in [-0.15, -0.1) is 0 Å². The number of aromatic amines is 2. The van der Waals surface area contributed by atoms with E-state index >= 15 is 0 Å². The summed E-state index contributed by atoms with van der Waals surface area (Å²) in [5, 5.41) is 4.54. The van der Waals surface area contributed by atoms with Crippen LogP contribution >= 0.6 is 0 Å². The summed E-state index contributed by atoms with van der Waals surface area (Å²) >= 11 is 0. The molecule has 120 valence electrons. The molecule has 0 spiro atoms. The summed E-state index contributed by atoms with van der Waals surface area (Å²) in [6.45, 7) is 0. The van der Waals surface area contributed by atoms with Crippen molar-refractivity contribution in [2.45, 2.75) is 0 Å². The molecular formula is C21H16N4. The maximum absolute atomic E-state index is 4.59. The van der Waals surface area contributed by atoms with Crippen LogP contribution in [-0.4, -0.2) is 15.0 Å². The predicted molar refractivity (Wildman–Crippen MR) is 103 cm³/mol. The van der Waals surface area contributed by atoms with Crippen LogP contribution < -0.4 is 5.32 Å². The van der Waals surface area contributed by atoms with Crippen molar-refractivity contribution in [3.8, 4) is 11.1 Å². The molecule has 0 unspecified atom stereocenters. The fourth-order valence-electron chi connectivity index (χ4n) is 3.17. The molecule has 0 aliphatic heterocycles. The molecule has 0 aliphatic rings. The molecule has 3 N–H and O–H groups in total. The van der Waals surface area contributed by atoms with Crippen molar-refractivity contribution in [2.75, 3.05) is 5.32 Å². The molecule has 0 radical (unpaired) electrons. The number of benzene rings is 3. The molecule has 0 aliphatic carbocycles. The monoisotopic (exact) mass is 324 g/mol. The van der Waals surface area contributed by atoms with Crippen LogP contribution in [0.5, 0.6) is 0 Å². The largest absolute Gasteiger partial charge is 0.359 e. The molecule has 5 aromatic rings. The Morgan fingerprint density at radius 1 is 0.760 bits per heavy atom. The fraction of sp³-hybridized carbons (Fsp3) is 0. The summed E-state index contributed by atoms with van der Waals surface area (Å²) in [5.74, 6) is 0.743. The highest BCUT2D eigenvalue weighted by atomic mass is 15.1. The van der Waals surface area contributed by atoms with Gasteiger partial charge in [0.25, 0.3) is 0 Å². The Labute approximate surface area is 144 Å². The van der Waals surface area contributed by atoms with E-state index < -0.39 is 0 Å². The number of H-pyrrole nitrogens is 2. The number of hydrogen-bond acceptors (Lipinski definition) is 2. The Morgan fingerprint density at radius 2 is 1.60 bits per heavy atom. The van der Waals surface area contributed by atoms with Gasteiger partial charge in [0.15, 0.2) is 0 Å². The molecular weight excluding hydrogens is 308 g/mol. The third kappa shape index (κ3) is 2.44. The minimum Gasteiger partial charge on any atom is -0.359 e. The Kier molecular flexibility index (Phi) is 3.07. The van der Waals surface area contributed by atoms with Crippen molar-refractivity contribution < 1.29 is 0 Å². The Bertz CT molecular complexity index is 1140. The SMILES string of the molecule is c1ccc(-c2ccc3[nH]cc(Nc4nc5ccccc5[nH]4)c3c2)cc1. The van der Waals surface area contributed by atoms with E-state index in [1.807, 2.05) is 36.5 Å². The van der Waals surface area contributed by atoms with E-state index in [0.717, 1.165) is 33.6 Å². The van der Waals surface area contributed by atoms with Crippen molar-refractivity contribution in [2.24, 2.45) is 0 Å². The third-order valence-corrected chi connectivity index (χ3v) is 4.43. The molecule has 0 atom stereocenters. The summed E-state index contributed by atoms with van der Waals surface area (Å²) in [6, 6.07) is 24.9. The van der Waals surface area contributed by atoms with E-state index in [4.69, 9.17) is 0 Å². The van der Waals surface area contributed by atoms with E-state index in [-0.39, 0.29) is 0 Å². The lowest BCUT2D eigenvalue weighted by atomic mass is 10.0. The smallest absolute Gasteiger partial charge is 0.205 e. The van der Waals surface area contributed by atoms with Crippen LogP contribution in [-0.2, 0) is 0 Å². The maximum Gasteiger partial charge on any atom is 0.205 e. The molecule has 0 saturated heterocycles. The molecule has 0 fully saturated rings. The van der Waals surface area contributed by atoms with Gasteiger partial charge in [0.1, 0.15) is 0 Å². The number of nitrogens with zero attached hydrogens (tertiary/aromatic N) is 1. The Morgan fingerprint density at radius 3 is 2.48 bits per heavy atom. The summed E-state index contributed by atoms with van der Waals surface area (Å²) < 4.78 is 0. The molecule has 4 nitrogen and oxygen atoms in total. The van der Waals surface area contributed by atoms with Gasteiger partial charge in [-0.2, -0.15) is 0 Å². The molecule has 0 bridgehead atoms. The maximum atomic E-state index is 4.59. The third-order valence-electron chi connectivity index (χ3n) is 4.43. The molecule has 2 aromatic heterocycles. The van der Waals surface area contributed by atoms with Gasteiger partial charge in [0, 0.05) is 17.1 Å². The van der Waals surface area contributed by atoms with Gasteiger partial charge in [-0.05, 0) is 35.4 Å². The zero-order valence-electron chi connectivity index (χ0n) is 13.5. The molecule has 2 heterocycles. The first kappa shape index (κ1) is 13.9. The number of fused-ring (bicyclic) bond motifs is 2. The lowest BCUT2D eigenvalue weighted by molar-refractivity contribution is 1.31. The number of anilines is 2. The zero-order valence-corrected chi connectivity index (χ0v) is 13.5. The topological polar surface area (TPSA) is 56.5 Å². The van der Waals surface area contributed by atoms with Crippen molar-refractivity contribution in [3.63, 3.8) is 0 Å². The van der Waals surface area contributed by atoms with Crippen LogP contribution in [0, 0.1) is 0 Å². The summed E-state index contributed by atoms with van der Waals surface area (Å²) in [7, 11) is 0. The first-order valence-corrected chi connectivity index (χ1v) is 8.25. The van der Waals surface area contributed by atoms with E-state index in [1.54, 1.807) is 0 Å². The van der Waals surface area contributed by atoms with Gasteiger partial charge in [-0.25, -0.2) is 4.98 Å². The van der Waals surface area contributed by atoms with Crippen LogP contribution in [0.25, 0.3) is 33.1 Å². The lowest BCUT2D eigenvalue weighted by Gasteiger charge is -2.04. The molecule has 25 heavy (non-hydrogen) atoms. The Balaban J connectivity index is 1.56. The number of aromatic nitrogens is 3. The van der Waals surface area contributed by atoms with E-state index in [1.165, 1.54) is 11.1 Å². The second-order valence-electron chi connectivity index (χ2n) is 6.06. The number of hydrogen-bond donors (Lipinski definition) is 3. The van der Waals surface area contributed by atoms with Gasteiger partial charge >= 0.3 is 0 Å². The number of imidazole rings is 1. The van der Waals surface area contributed by atoms with Crippen molar-refractivity contribution in [1.82, 2.24) is 15.0 Å². The van der Waals surface area contributed by atoms with Gasteiger partial charge in [0.05, 0.1) is 16.7 Å². The highest BCUT2D eigenvalue weighted by Gasteiger charge is 2.08.